The Morgan fingerprint density at radius 3 is 1.76 bits per heavy atom. The summed E-state index contributed by atoms with van der Waals surface area (Å²) in [4.78, 5) is 0. The molecule has 1 rings (SSSR count). The maximum absolute atomic E-state index is 3.55. The smallest absolute Gasteiger partial charge is 0.127 e. The van der Waals surface area contributed by atoms with Crippen LogP contribution in [0.5, 0.6) is 0 Å². The maximum Gasteiger partial charge on any atom is 0.129 e. The van der Waals surface area contributed by atoms with Gasteiger partial charge in [0.15, 0.2) is 0 Å². The van der Waals surface area contributed by atoms with Crippen molar-refractivity contribution in [2.24, 2.45) is 0 Å². The molecule has 0 aromatic heterocycles. The van der Waals surface area contributed by atoms with Gasteiger partial charge in [-0.25, -0.2) is 0 Å². The molecule has 0 saturated carbocycles. The molecule has 0 bridgehead atoms. The highest BCUT2D eigenvalue weighted by Crippen LogP contribution is 2.26. The molecule has 0 unspecified atom stereocenters. The summed E-state index contributed by atoms with van der Waals surface area (Å²) in [6, 6.07) is 4.55. The van der Waals surface area contributed by atoms with Crippen molar-refractivity contribution in [1.82, 2.24) is 0 Å². The van der Waals surface area contributed by atoms with E-state index in [-0.39, 0.29) is 0 Å². The summed E-state index contributed by atoms with van der Waals surface area (Å²) < 4.78 is 0. The van der Waals surface area contributed by atoms with Crippen molar-refractivity contribution < 1.29 is 0 Å². The van der Waals surface area contributed by atoms with Crippen LogP contribution in [-0.4, -0.2) is 16.1 Å². The van der Waals surface area contributed by atoms with Gasteiger partial charge in [-0.05, 0) is 37.5 Å². The summed E-state index contributed by atoms with van der Waals surface area (Å²) in [7, 11) is -2.67. The van der Waals surface area contributed by atoms with Gasteiger partial charge < -0.3 is 0 Å². The molecule has 0 aliphatic rings. The van der Waals surface area contributed by atoms with Crippen molar-refractivity contribution in [1.29, 1.82) is 0 Å². The SMILES string of the molecule is Cc1cc(C)c(/C(C#C[Si](C)(C)C)=C/[Si](C)(C)C)c(C)c1. The second kappa shape index (κ2) is 6.38. The van der Waals surface area contributed by atoms with E-state index in [0.717, 1.165) is 0 Å². The summed E-state index contributed by atoms with van der Waals surface area (Å²) in [5.74, 6) is 3.54. The van der Waals surface area contributed by atoms with Crippen LogP contribution in [0.4, 0.5) is 0 Å². The third-order valence-electron chi connectivity index (χ3n) is 3.10. The first-order chi connectivity index (χ1) is 9.39. The molecule has 0 aliphatic heterocycles. The summed E-state index contributed by atoms with van der Waals surface area (Å²) in [5.41, 5.74) is 12.7. The minimum absolute atomic E-state index is 1.26. The van der Waals surface area contributed by atoms with E-state index < -0.39 is 16.1 Å². The van der Waals surface area contributed by atoms with Crippen molar-refractivity contribution in [3.8, 4) is 11.5 Å². The van der Waals surface area contributed by atoms with Gasteiger partial charge in [-0.15, -0.1) is 5.54 Å². The van der Waals surface area contributed by atoms with E-state index in [0.29, 0.717) is 0 Å². The molecule has 0 atom stereocenters. The molecule has 0 spiro atoms. The van der Waals surface area contributed by atoms with Crippen molar-refractivity contribution in [3.05, 3.63) is 40.1 Å². The molecule has 0 heterocycles. The lowest BCUT2D eigenvalue weighted by Gasteiger charge is -2.16. The van der Waals surface area contributed by atoms with Gasteiger partial charge >= 0.3 is 0 Å². The molecule has 1 aromatic carbocycles. The van der Waals surface area contributed by atoms with Gasteiger partial charge in [0.05, 0.1) is 8.07 Å². The van der Waals surface area contributed by atoms with E-state index in [1.165, 1.54) is 27.8 Å². The Morgan fingerprint density at radius 2 is 1.38 bits per heavy atom. The van der Waals surface area contributed by atoms with Crippen molar-refractivity contribution in [3.63, 3.8) is 0 Å². The molecular formula is C19H30Si2. The highest BCUT2D eigenvalue weighted by Gasteiger charge is 2.15. The first-order valence-corrected chi connectivity index (χ1v) is 14.8. The van der Waals surface area contributed by atoms with Gasteiger partial charge in [-0.3, -0.25) is 0 Å². The lowest BCUT2D eigenvalue weighted by atomic mass is 9.95. The van der Waals surface area contributed by atoms with E-state index >= 15 is 0 Å². The Hall–Kier alpha value is -1.05. The average Bonchev–Trinajstić information content (AvgIpc) is 2.21. The van der Waals surface area contributed by atoms with E-state index in [1.807, 2.05) is 0 Å². The molecule has 0 nitrogen and oxygen atoms in total. The molecule has 0 saturated heterocycles. The standard InChI is InChI=1S/C19H30Si2/c1-15-12-16(2)19(17(3)13-15)18(14-21(7,8)9)10-11-20(4,5)6/h12-14H,1-9H3/b18-14+. The summed E-state index contributed by atoms with van der Waals surface area (Å²) in [6.07, 6.45) is 0. The minimum atomic E-state index is -1.36. The quantitative estimate of drug-likeness (QED) is 0.481. The predicted octanol–water partition coefficient (Wildman–Crippen LogP) is 5.75. The zero-order valence-electron chi connectivity index (χ0n) is 15.2. The third kappa shape index (κ3) is 6.07. The Kier molecular flexibility index (Phi) is 5.47. The van der Waals surface area contributed by atoms with Crippen LogP contribution in [-0.2, 0) is 0 Å². The highest BCUT2D eigenvalue weighted by atomic mass is 28.3. The van der Waals surface area contributed by atoms with Gasteiger partial charge in [-0.2, -0.15) is 0 Å². The topological polar surface area (TPSA) is 0 Å². The number of aryl methyl sites for hydroxylation is 3. The lowest BCUT2D eigenvalue weighted by molar-refractivity contribution is 1.29. The molecular weight excluding hydrogens is 284 g/mol. The Bertz CT molecular complexity index is 589. The van der Waals surface area contributed by atoms with Crippen LogP contribution in [0.3, 0.4) is 0 Å². The molecule has 0 aliphatic carbocycles. The summed E-state index contributed by atoms with van der Waals surface area (Å²) >= 11 is 0. The summed E-state index contributed by atoms with van der Waals surface area (Å²) in [6.45, 7) is 20.6. The fourth-order valence-electron chi connectivity index (χ4n) is 2.46. The van der Waals surface area contributed by atoms with Crippen molar-refractivity contribution in [2.45, 2.75) is 60.1 Å². The molecule has 114 valence electrons. The molecule has 0 fully saturated rings. The zero-order chi connectivity index (χ0) is 16.4. The maximum atomic E-state index is 3.55. The number of benzene rings is 1. The first-order valence-electron chi connectivity index (χ1n) is 7.73. The number of rotatable bonds is 2. The second-order valence-electron chi connectivity index (χ2n) is 8.20. The molecule has 0 radical (unpaired) electrons. The van der Waals surface area contributed by atoms with Gasteiger partial charge in [-0.1, -0.05) is 68.6 Å². The predicted molar refractivity (Wildman–Crippen MR) is 103 cm³/mol. The zero-order valence-corrected chi connectivity index (χ0v) is 17.2. The van der Waals surface area contributed by atoms with E-state index in [1.54, 1.807) is 0 Å². The fourth-order valence-corrected chi connectivity index (χ4v) is 4.06. The van der Waals surface area contributed by atoms with Crippen LogP contribution < -0.4 is 0 Å². The van der Waals surface area contributed by atoms with E-state index in [2.05, 4.69) is 89.3 Å². The molecule has 1 aromatic rings. The largest absolute Gasteiger partial charge is 0.129 e. The van der Waals surface area contributed by atoms with Crippen LogP contribution in [0.2, 0.25) is 39.3 Å². The van der Waals surface area contributed by atoms with E-state index in [9.17, 15) is 0 Å². The van der Waals surface area contributed by atoms with Gasteiger partial charge in [0.1, 0.15) is 8.07 Å². The van der Waals surface area contributed by atoms with Crippen LogP contribution in [0.1, 0.15) is 22.3 Å². The van der Waals surface area contributed by atoms with Gasteiger partial charge in [0.25, 0.3) is 0 Å². The van der Waals surface area contributed by atoms with Crippen LogP contribution in [0.25, 0.3) is 5.57 Å². The average molecular weight is 315 g/mol. The number of hydrogen-bond acceptors (Lipinski definition) is 0. The lowest BCUT2D eigenvalue weighted by Crippen LogP contribution is -2.18. The van der Waals surface area contributed by atoms with E-state index in [4.69, 9.17) is 0 Å². The monoisotopic (exact) mass is 314 g/mol. The second-order valence-corrected chi connectivity index (χ2v) is 18.0. The van der Waals surface area contributed by atoms with Crippen molar-refractivity contribution >= 4 is 21.7 Å². The third-order valence-corrected chi connectivity index (χ3v) is 5.13. The normalized spacial score (nSPS) is 12.9. The Labute approximate surface area is 133 Å². The molecule has 2 heteroatoms. The first kappa shape index (κ1) is 18.0. The van der Waals surface area contributed by atoms with Crippen molar-refractivity contribution in [2.75, 3.05) is 0 Å². The number of allylic oxidation sites excluding steroid dienone is 1. The van der Waals surface area contributed by atoms with Gasteiger partial charge in [0.2, 0.25) is 0 Å². The highest BCUT2D eigenvalue weighted by molar-refractivity contribution is 6.84. The molecule has 21 heavy (non-hydrogen) atoms. The number of hydrogen-bond donors (Lipinski definition) is 0. The van der Waals surface area contributed by atoms with Crippen LogP contribution >= 0.6 is 0 Å². The Balaban J connectivity index is 3.53. The molecule has 0 N–H and O–H groups in total. The fraction of sp³-hybridized carbons (Fsp3) is 0.474. The van der Waals surface area contributed by atoms with Gasteiger partial charge in [0, 0.05) is 5.57 Å². The summed E-state index contributed by atoms with van der Waals surface area (Å²) in [5, 5.41) is 0. The van der Waals surface area contributed by atoms with Crippen LogP contribution in [0.15, 0.2) is 17.8 Å². The molecule has 0 amide bonds. The van der Waals surface area contributed by atoms with Crippen LogP contribution in [0, 0.1) is 32.2 Å². The Morgan fingerprint density at radius 1 is 0.905 bits per heavy atom. The minimum Gasteiger partial charge on any atom is -0.127 e.